The number of nitrogens with zero attached hydrogens (tertiary/aromatic N) is 1. The van der Waals surface area contributed by atoms with Gasteiger partial charge in [-0.3, -0.25) is 9.79 Å². The molecule has 0 aromatic heterocycles. The first-order valence-corrected chi connectivity index (χ1v) is 5.01. The van der Waals surface area contributed by atoms with Gasteiger partial charge in [0.05, 0.1) is 19.6 Å². The second kappa shape index (κ2) is 7.96. The van der Waals surface area contributed by atoms with E-state index in [4.69, 9.17) is 9.47 Å². The molecule has 0 spiro atoms. The van der Waals surface area contributed by atoms with Gasteiger partial charge in [0.25, 0.3) is 0 Å². The summed E-state index contributed by atoms with van der Waals surface area (Å²) in [6, 6.07) is 0. The Morgan fingerprint density at radius 2 is 1.67 bits per heavy atom. The average molecular weight is 215 g/mol. The van der Waals surface area contributed by atoms with Crippen molar-refractivity contribution in [1.29, 1.82) is 0 Å². The summed E-state index contributed by atoms with van der Waals surface area (Å²) in [7, 11) is 0. The van der Waals surface area contributed by atoms with Crippen LogP contribution in [0.4, 0.5) is 0 Å². The molecule has 0 unspecified atom stereocenters. The van der Waals surface area contributed by atoms with Crippen molar-refractivity contribution in [2.75, 3.05) is 19.8 Å². The zero-order chi connectivity index (χ0) is 11.7. The summed E-state index contributed by atoms with van der Waals surface area (Å²) < 4.78 is 9.48. The summed E-state index contributed by atoms with van der Waals surface area (Å²) in [5.74, 6) is -1.01. The molecule has 0 fully saturated rings. The van der Waals surface area contributed by atoms with Gasteiger partial charge in [0.2, 0.25) is 0 Å². The highest BCUT2D eigenvalue weighted by Crippen LogP contribution is 1.95. The van der Waals surface area contributed by atoms with E-state index in [-0.39, 0.29) is 18.7 Å². The van der Waals surface area contributed by atoms with E-state index in [1.54, 1.807) is 20.8 Å². The molecule has 0 radical (unpaired) electrons. The van der Waals surface area contributed by atoms with Gasteiger partial charge >= 0.3 is 11.9 Å². The highest BCUT2D eigenvalue weighted by molar-refractivity contribution is 6.39. The number of carbonyl (C=O) groups is 2. The van der Waals surface area contributed by atoms with E-state index in [0.717, 1.165) is 0 Å². The van der Waals surface area contributed by atoms with Crippen molar-refractivity contribution >= 4 is 17.7 Å². The summed E-state index contributed by atoms with van der Waals surface area (Å²) in [6.45, 7) is 6.19. The summed E-state index contributed by atoms with van der Waals surface area (Å²) in [4.78, 5) is 26.3. The maximum absolute atomic E-state index is 11.3. The van der Waals surface area contributed by atoms with E-state index in [1.807, 2.05) is 0 Å². The monoisotopic (exact) mass is 215 g/mol. The van der Waals surface area contributed by atoms with Gasteiger partial charge in [-0.25, -0.2) is 4.79 Å². The molecule has 0 atom stereocenters. The molecule has 0 aliphatic heterocycles. The number of esters is 2. The first-order chi connectivity index (χ1) is 7.15. The smallest absolute Gasteiger partial charge is 0.352 e. The third kappa shape index (κ3) is 5.83. The Morgan fingerprint density at radius 1 is 1.07 bits per heavy atom. The number of rotatable bonds is 6. The van der Waals surface area contributed by atoms with Gasteiger partial charge in [-0.05, 0) is 20.8 Å². The lowest BCUT2D eigenvalue weighted by atomic mass is 10.2. The Bertz CT molecular complexity index is 248. The fourth-order valence-electron chi connectivity index (χ4n) is 0.947. The van der Waals surface area contributed by atoms with E-state index >= 15 is 0 Å². The van der Waals surface area contributed by atoms with Gasteiger partial charge in [0, 0.05) is 6.54 Å². The maximum Gasteiger partial charge on any atom is 0.352 e. The molecular weight excluding hydrogens is 198 g/mol. The minimum atomic E-state index is -0.549. The highest BCUT2D eigenvalue weighted by Gasteiger charge is 2.16. The molecule has 0 bridgehead atoms. The molecule has 0 rings (SSSR count). The lowest BCUT2D eigenvalue weighted by Gasteiger charge is -2.05. The molecule has 0 aromatic rings. The molecule has 0 saturated carbocycles. The van der Waals surface area contributed by atoms with Crippen molar-refractivity contribution in [1.82, 2.24) is 0 Å². The fourth-order valence-corrected chi connectivity index (χ4v) is 0.947. The van der Waals surface area contributed by atoms with Gasteiger partial charge < -0.3 is 9.47 Å². The molecule has 15 heavy (non-hydrogen) atoms. The molecule has 0 aromatic carbocycles. The third-order valence-electron chi connectivity index (χ3n) is 1.48. The molecule has 86 valence electrons. The van der Waals surface area contributed by atoms with Gasteiger partial charge in [0.15, 0.2) is 0 Å². The largest absolute Gasteiger partial charge is 0.466 e. The highest BCUT2D eigenvalue weighted by atomic mass is 16.5. The molecule has 0 aliphatic rings. The van der Waals surface area contributed by atoms with Crippen LogP contribution in [0.1, 0.15) is 27.2 Å². The number of aliphatic imine (C=N–C) groups is 1. The molecule has 0 saturated heterocycles. The predicted octanol–water partition coefficient (Wildman–Crippen LogP) is 0.964. The average Bonchev–Trinajstić information content (AvgIpc) is 2.18. The lowest BCUT2D eigenvalue weighted by molar-refractivity contribution is -0.143. The van der Waals surface area contributed by atoms with Crippen molar-refractivity contribution in [2.45, 2.75) is 27.2 Å². The number of hydrogen-bond donors (Lipinski definition) is 0. The van der Waals surface area contributed by atoms with Crippen LogP contribution in [0.15, 0.2) is 4.99 Å². The first kappa shape index (κ1) is 13.6. The van der Waals surface area contributed by atoms with Crippen molar-refractivity contribution in [3.05, 3.63) is 0 Å². The minimum Gasteiger partial charge on any atom is -0.466 e. The van der Waals surface area contributed by atoms with Gasteiger partial charge in [-0.2, -0.15) is 0 Å². The molecule has 5 nitrogen and oxygen atoms in total. The second-order valence-corrected chi connectivity index (χ2v) is 2.62. The fraction of sp³-hybridized carbons (Fsp3) is 0.700. The summed E-state index contributed by atoms with van der Waals surface area (Å²) in [6.07, 6.45) is -0.124. The van der Waals surface area contributed by atoms with Crippen LogP contribution in [0, 0.1) is 0 Å². The Kier molecular flexibility index (Phi) is 7.23. The van der Waals surface area contributed by atoms with E-state index in [1.165, 1.54) is 0 Å². The molecular formula is C10H17NO4. The van der Waals surface area contributed by atoms with Crippen LogP contribution in [-0.2, 0) is 19.1 Å². The van der Waals surface area contributed by atoms with E-state index < -0.39 is 11.9 Å². The van der Waals surface area contributed by atoms with Gasteiger partial charge in [-0.15, -0.1) is 0 Å². The zero-order valence-electron chi connectivity index (χ0n) is 9.41. The minimum absolute atomic E-state index is 0.123. The zero-order valence-corrected chi connectivity index (χ0v) is 9.41. The summed E-state index contributed by atoms with van der Waals surface area (Å²) in [5, 5.41) is 0. The molecule has 0 heterocycles. The van der Waals surface area contributed by atoms with Crippen LogP contribution in [-0.4, -0.2) is 37.4 Å². The number of ether oxygens (including phenoxy) is 2. The quantitative estimate of drug-likeness (QED) is 0.489. The second-order valence-electron chi connectivity index (χ2n) is 2.62. The Morgan fingerprint density at radius 3 is 2.13 bits per heavy atom. The third-order valence-corrected chi connectivity index (χ3v) is 1.48. The summed E-state index contributed by atoms with van der Waals surface area (Å²) in [5.41, 5.74) is 0.123. The predicted molar refractivity (Wildman–Crippen MR) is 55.9 cm³/mol. The normalized spacial score (nSPS) is 11.0. The number of carbonyl (C=O) groups excluding carboxylic acids is 2. The van der Waals surface area contributed by atoms with Gasteiger partial charge in [0.1, 0.15) is 5.71 Å². The van der Waals surface area contributed by atoms with Crippen LogP contribution < -0.4 is 0 Å². The Balaban J connectivity index is 4.34. The standard InChI is InChI=1S/C10H17NO4/c1-4-11-8(10(13)15-6-3)7-9(12)14-5-2/h4-7H2,1-3H3. The van der Waals surface area contributed by atoms with Crippen LogP contribution in [0.2, 0.25) is 0 Å². The summed E-state index contributed by atoms with van der Waals surface area (Å²) >= 11 is 0. The molecule has 0 amide bonds. The Labute approximate surface area is 89.5 Å². The van der Waals surface area contributed by atoms with Crippen LogP contribution >= 0.6 is 0 Å². The van der Waals surface area contributed by atoms with Crippen LogP contribution in [0.3, 0.4) is 0 Å². The molecule has 0 aliphatic carbocycles. The number of hydrogen-bond acceptors (Lipinski definition) is 5. The molecule has 0 N–H and O–H groups in total. The van der Waals surface area contributed by atoms with Crippen LogP contribution in [0.25, 0.3) is 0 Å². The Hall–Kier alpha value is -1.39. The van der Waals surface area contributed by atoms with Crippen molar-refractivity contribution in [3.8, 4) is 0 Å². The van der Waals surface area contributed by atoms with Crippen molar-refractivity contribution < 1.29 is 19.1 Å². The van der Waals surface area contributed by atoms with Crippen molar-refractivity contribution in [2.24, 2.45) is 4.99 Å². The topological polar surface area (TPSA) is 65.0 Å². The van der Waals surface area contributed by atoms with Crippen LogP contribution in [0.5, 0.6) is 0 Å². The SMILES string of the molecule is CCN=C(CC(=O)OCC)C(=O)OCC. The van der Waals surface area contributed by atoms with Gasteiger partial charge in [-0.1, -0.05) is 0 Å². The first-order valence-electron chi connectivity index (χ1n) is 5.01. The van der Waals surface area contributed by atoms with Crippen molar-refractivity contribution in [3.63, 3.8) is 0 Å². The lowest BCUT2D eigenvalue weighted by Crippen LogP contribution is -2.22. The van der Waals surface area contributed by atoms with E-state index in [0.29, 0.717) is 13.2 Å². The van der Waals surface area contributed by atoms with E-state index in [2.05, 4.69) is 4.99 Å². The maximum atomic E-state index is 11.3. The molecule has 5 heteroatoms. The van der Waals surface area contributed by atoms with E-state index in [9.17, 15) is 9.59 Å².